The minimum atomic E-state index is -4.32. The molecule has 25 heavy (non-hydrogen) atoms. The lowest BCUT2D eigenvalue weighted by molar-refractivity contribution is -0.134. The van der Waals surface area contributed by atoms with Gasteiger partial charge in [-0.1, -0.05) is 90.4 Å². The van der Waals surface area contributed by atoms with Crippen LogP contribution in [0.25, 0.3) is 0 Å². The highest BCUT2D eigenvalue weighted by Gasteiger charge is 2.09. The topological polar surface area (TPSA) is 118 Å². The molecule has 0 amide bonds. The largest absolute Gasteiger partial charge is 0.480 e. The highest BCUT2D eigenvalue weighted by molar-refractivity contribution is 7.86. The molecule has 0 aromatic rings. The van der Waals surface area contributed by atoms with Crippen molar-refractivity contribution in [3.8, 4) is 0 Å². The molecule has 0 saturated carbocycles. The predicted octanol–water partition coefficient (Wildman–Crippen LogP) is 4.39. The van der Waals surface area contributed by atoms with Crippen molar-refractivity contribution < 1.29 is 22.9 Å². The second-order valence-corrected chi connectivity index (χ2v) is 7.96. The van der Waals surface area contributed by atoms with Crippen molar-refractivity contribution in [2.24, 2.45) is 5.73 Å². The van der Waals surface area contributed by atoms with Crippen LogP contribution in [0.3, 0.4) is 0 Å². The fraction of sp³-hybridized carbons (Fsp3) is 0.944. The molecule has 6 nitrogen and oxygen atoms in total. The first-order chi connectivity index (χ1) is 11.8. The van der Waals surface area contributed by atoms with Gasteiger partial charge in [0.25, 0.3) is 10.1 Å². The third kappa shape index (κ3) is 31.6. The van der Waals surface area contributed by atoms with Crippen LogP contribution in [0.1, 0.15) is 96.8 Å². The average Bonchev–Trinajstić information content (AvgIpc) is 2.50. The maximum Gasteiger partial charge on any atom is 0.321 e. The van der Waals surface area contributed by atoms with Gasteiger partial charge in [0.05, 0.1) is 0 Å². The zero-order valence-corrected chi connectivity index (χ0v) is 16.7. The summed E-state index contributed by atoms with van der Waals surface area (Å²) in [6, 6.07) is 0. The lowest BCUT2D eigenvalue weighted by atomic mass is 10.0. The van der Waals surface area contributed by atoms with Crippen molar-refractivity contribution in [3.63, 3.8) is 0 Å². The van der Waals surface area contributed by atoms with E-state index in [1.54, 1.807) is 0 Å². The Kier molecular flexibility index (Phi) is 20.9. The number of nitrogens with two attached hydrogens (primary N) is 1. The van der Waals surface area contributed by atoms with E-state index < -0.39 is 21.8 Å². The molecule has 0 saturated heterocycles. The van der Waals surface area contributed by atoms with Crippen LogP contribution in [0, 0.1) is 0 Å². The third-order valence-electron chi connectivity index (χ3n) is 3.86. The van der Waals surface area contributed by atoms with Crippen LogP contribution in [-0.2, 0) is 14.9 Å². The van der Waals surface area contributed by atoms with Crippen LogP contribution < -0.4 is 5.73 Å². The molecule has 0 heterocycles. The van der Waals surface area contributed by atoms with Gasteiger partial charge in [-0.05, 0) is 13.0 Å². The molecule has 0 spiro atoms. The Morgan fingerprint density at radius 2 is 1.08 bits per heavy atom. The molecular weight excluding hydrogens is 342 g/mol. The van der Waals surface area contributed by atoms with Crippen molar-refractivity contribution in [3.05, 3.63) is 0 Å². The number of unbranched alkanes of at least 4 members (excludes halogenated alkanes) is 13. The van der Waals surface area contributed by atoms with E-state index in [1.807, 2.05) is 0 Å². The summed E-state index contributed by atoms with van der Waals surface area (Å²) >= 11 is 0. The summed E-state index contributed by atoms with van der Waals surface area (Å²) in [5, 5.41) is 7.71. The van der Waals surface area contributed by atoms with Crippen LogP contribution in [0.15, 0.2) is 0 Å². The van der Waals surface area contributed by atoms with Crippen LogP contribution >= 0.6 is 0 Å². The van der Waals surface area contributed by atoms with E-state index in [4.69, 9.17) is 15.4 Å². The Balaban J connectivity index is 0. The van der Waals surface area contributed by atoms with E-state index in [1.165, 1.54) is 89.9 Å². The maximum absolute atomic E-state index is 9.62. The number of carbonyl (C=O) groups is 1. The van der Waals surface area contributed by atoms with Gasteiger partial charge in [-0.3, -0.25) is 9.35 Å². The van der Waals surface area contributed by atoms with Gasteiger partial charge in [0.15, 0.2) is 5.75 Å². The van der Waals surface area contributed by atoms with Gasteiger partial charge in [0.2, 0.25) is 0 Å². The monoisotopic (exact) mass is 381 g/mol. The first-order valence-electron chi connectivity index (χ1n) is 9.70. The average molecular weight is 382 g/mol. The molecule has 4 N–H and O–H groups in total. The van der Waals surface area contributed by atoms with Gasteiger partial charge in [0.1, 0.15) is 0 Å². The first kappa shape index (κ1) is 26.6. The Morgan fingerprint density at radius 3 is 1.28 bits per heavy atom. The van der Waals surface area contributed by atoms with Gasteiger partial charge < -0.3 is 10.8 Å². The molecule has 0 fully saturated rings. The number of carboxylic acids is 1. The van der Waals surface area contributed by atoms with Crippen molar-refractivity contribution in [1.82, 2.24) is 0 Å². The predicted molar refractivity (Wildman–Crippen MR) is 103 cm³/mol. The molecule has 0 aliphatic rings. The Bertz CT molecular complexity index is 371. The van der Waals surface area contributed by atoms with Crippen LogP contribution in [0.5, 0.6) is 0 Å². The Morgan fingerprint density at radius 1 is 0.760 bits per heavy atom. The van der Waals surface area contributed by atoms with E-state index in [9.17, 15) is 13.2 Å². The molecule has 0 atom stereocenters. The molecule has 0 unspecified atom stereocenters. The third-order valence-corrected chi connectivity index (χ3v) is 4.48. The molecule has 0 aliphatic carbocycles. The zero-order chi connectivity index (χ0) is 19.4. The molecular formula is C18H39NO5S. The summed E-state index contributed by atoms with van der Waals surface area (Å²) in [5.74, 6) is -2.79. The van der Waals surface area contributed by atoms with Gasteiger partial charge in [-0.25, -0.2) is 0 Å². The Labute approximate surface area is 154 Å². The number of hydrogen-bond donors (Lipinski definition) is 3. The van der Waals surface area contributed by atoms with Gasteiger partial charge in [0, 0.05) is 0 Å². The minimum absolute atomic E-state index is 0.873. The normalized spacial score (nSPS) is 11.0. The second-order valence-electron chi connectivity index (χ2n) is 6.50. The summed E-state index contributed by atoms with van der Waals surface area (Å²) in [4.78, 5) is 9.48. The van der Waals surface area contributed by atoms with Crippen LogP contribution in [0.4, 0.5) is 0 Å². The van der Waals surface area contributed by atoms with E-state index in [0.29, 0.717) is 0 Å². The second kappa shape index (κ2) is 19.7. The first-order valence-corrected chi connectivity index (χ1v) is 11.3. The van der Waals surface area contributed by atoms with Crippen molar-refractivity contribution in [2.75, 3.05) is 12.3 Å². The summed E-state index contributed by atoms with van der Waals surface area (Å²) < 4.78 is 27.0. The number of rotatable bonds is 16. The molecule has 152 valence electrons. The number of carboxylic acid groups (broad SMARTS) is 1. The van der Waals surface area contributed by atoms with Crippen molar-refractivity contribution >= 4 is 16.1 Å². The molecule has 0 aliphatic heterocycles. The highest BCUT2D eigenvalue weighted by Crippen LogP contribution is 2.12. The SMILES string of the molecule is CCCCCCCCCCCCCCCCN.O=C(O)CS(=O)(=O)O. The van der Waals surface area contributed by atoms with E-state index in [0.717, 1.165) is 6.54 Å². The molecule has 0 bridgehead atoms. The van der Waals surface area contributed by atoms with E-state index in [-0.39, 0.29) is 0 Å². The highest BCUT2D eigenvalue weighted by atomic mass is 32.2. The fourth-order valence-electron chi connectivity index (χ4n) is 2.49. The van der Waals surface area contributed by atoms with Crippen molar-refractivity contribution in [1.29, 1.82) is 0 Å². The maximum atomic E-state index is 9.62. The minimum Gasteiger partial charge on any atom is -0.480 e. The summed E-state index contributed by atoms with van der Waals surface area (Å²) in [6.07, 6.45) is 19.9. The standard InChI is InChI=1S/C16H35N.C2H4O5S/c1-2-3-4-5-6-7-8-9-10-11-12-13-14-15-16-17;3-2(4)1-8(5,6)7/h2-17H2,1H3;1H2,(H,3,4)(H,5,6,7). The van der Waals surface area contributed by atoms with Gasteiger partial charge in [-0.2, -0.15) is 8.42 Å². The van der Waals surface area contributed by atoms with Crippen molar-refractivity contribution in [2.45, 2.75) is 96.8 Å². The Hall–Kier alpha value is -0.660. The van der Waals surface area contributed by atoms with Crippen LogP contribution in [0.2, 0.25) is 0 Å². The fourth-order valence-corrected chi connectivity index (χ4v) is 2.81. The van der Waals surface area contributed by atoms with Gasteiger partial charge >= 0.3 is 5.97 Å². The lowest BCUT2D eigenvalue weighted by Gasteiger charge is -2.02. The number of aliphatic carboxylic acids is 1. The number of hydrogen-bond acceptors (Lipinski definition) is 4. The zero-order valence-electron chi connectivity index (χ0n) is 15.9. The van der Waals surface area contributed by atoms with E-state index in [2.05, 4.69) is 6.92 Å². The van der Waals surface area contributed by atoms with Crippen LogP contribution in [-0.4, -0.2) is 36.3 Å². The summed E-state index contributed by atoms with van der Waals surface area (Å²) in [6.45, 7) is 3.16. The van der Waals surface area contributed by atoms with E-state index >= 15 is 0 Å². The summed E-state index contributed by atoms with van der Waals surface area (Å²) in [7, 11) is -4.32. The molecule has 0 aromatic heterocycles. The smallest absolute Gasteiger partial charge is 0.321 e. The quantitative estimate of drug-likeness (QED) is 0.270. The molecule has 0 radical (unpaired) electrons. The molecule has 0 aromatic carbocycles. The van der Waals surface area contributed by atoms with Gasteiger partial charge in [-0.15, -0.1) is 0 Å². The lowest BCUT2D eigenvalue weighted by Crippen LogP contribution is -2.13. The molecule has 7 heteroatoms. The molecule has 0 rings (SSSR count). The summed E-state index contributed by atoms with van der Waals surface area (Å²) in [5.41, 5.74) is 5.47.